The Morgan fingerprint density at radius 1 is 1.15 bits per heavy atom. The van der Waals surface area contributed by atoms with E-state index in [9.17, 15) is 40.3 Å². The first kappa shape index (κ1) is 29.9. The van der Waals surface area contributed by atoms with Gasteiger partial charge in [0.25, 0.3) is 12.0 Å². The minimum absolute atomic E-state index is 0.0847. The van der Waals surface area contributed by atoms with Gasteiger partial charge in [0, 0.05) is 25.2 Å². The van der Waals surface area contributed by atoms with Gasteiger partial charge in [0.2, 0.25) is 20.0 Å². The Morgan fingerprint density at radius 3 is 2.38 bits per heavy atom. The Bertz CT molecular complexity index is 1790. The second kappa shape index (κ2) is 11.1. The van der Waals surface area contributed by atoms with Crippen molar-refractivity contribution < 1.29 is 35.5 Å². The van der Waals surface area contributed by atoms with Gasteiger partial charge in [-0.3, -0.25) is 9.78 Å². The monoisotopic (exact) mass is 641 g/mol. The lowest BCUT2D eigenvalue weighted by molar-refractivity contribution is 0.141. The predicted octanol–water partition coefficient (Wildman–Crippen LogP) is 1.98. The molecule has 1 saturated heterocycles. The van der Waals surface area contributed by atoms with Crippen LogP contribution in [0.25, 0.3) is 5.69 Å². The zero-order valence-corrected chi connectivity index (χ0v) is 23.3. The molecule has 2 heterocycles. The highest BCUT2D eigenvalue weighted by molar-refractivity contribution is 7.89. The van der Waals surface area contributed by atoms with Crippen LogP contribution in [-0.2, 0) is 20.0 Å². The topological polar surface area (TPSA) is 181 Å². The number of H-pyrrole nitrogens is 1. The zero-order valence-electron chi connectivity index (χ0n) is 20.1. The van der Waals surface area contributed by atoms with Crippen LogP contribution in [0.2, 0.25) is 10.0 Å². The number of phenols is 1. The van der Waals surface area contributed by atoms with E-state index in [-0.39, 0.29) is 46.7 Å². The van der Waals surface area contributed by atoms with Gasteiger partial charge in [-0.15, -0.1) is 0 Å². The number of aromatic amines is 1. The molecule has 1 aliphatic rings. The number of nitrogens with zero attached hydrogens (tertiary/aromatic N) is 3. The number of hydrogen-bond donors (Lipinski definition) is 3. The molecule has 19 heteroatoms. The molecule has 0 bridgehead atoms. The molecule has 0 spiro atoms. The molecule has 216 valence electrons. The zero-order chi connectivity index (χ0) is 29.6. The van der Waals surface area contributed by atoms with E-state index >= 15 is 0 Å². The molecule has 1 aromatic heterocycles. The highest BCUT2D eigenvalue weighted by atomic mass is 35.5. The fourth-order valence-corrected chi connectivity index (χ4v) is 6.61. The Labute approximate surface area is 235 Å². The summed E-state index contributed by atoms with van der Waals surface area (Å²) in [5.74, 6) is -0.984. The van der Waals surface area contributed by atoms with E-state index in [4.69, 9.17) is 27.9 Å². The van der Waals surface area contributed by atoms with Crippen molar-refractivity contribution in [2.24, 2.45) is 0 Å². The fraction of sp³-hybridized carbons (Fsp3) is 0.286. The number of ether oxygens (including phenoxy) is 1. The number of aromatic nitrogens is 3. The molecule has 0 saturated carbocycles. The van der Waals surface area contributed by atoms with Crippen molar-refractivity contribution in [3.8, 4) is 22.9 Å². The van der Waals surface area contributed by atoms with Gasteiger partial charge in [-0.2, -0.15) is 9.78 Å². The minimum atomic E-state index is -4.34. The first-order valence-electron chi connectivity index (χ1n) is 11.1. The maximum atomic E-state index is 13.1. The summed E-state index contributed by atoms with van der Waals surface area (Å²) >= 11 is 12.5. The third kappa shape index (κ3) is 6.29. The number of alkyl halides is 2. The molecule has 13 nitrogen and oxygen atoms in total. The van der Waals surface area contributed by atoms with Crippen LogP contribution in [0.5, 0.6) is 17.2 Å². The van der Waals surface area contributed by atoms with Crippen molar-refractivity contribution in [1.82, 2.24) is 23.8 Å². The smallest absolute Gasteiger partial charge is 0.349 e. The second-order valence-electron chi connectivity index (χ2n) is 8.56. The first-order valence-corrected chi connectivity index (χ1v) is 15.1. The van der Waals surface area contributed by atoms with E-state index in [2.05, 4.69) is 9.82 Å². The fourth-order valence-electron chi connectivity index (χ4n) is 3.80. The average molecular weight is 642 g/mol. The molecule has 3 N–H and O–H groups in total. The molecule has 1 atom stereocenters. The summed E-state index contributed by atoms with van der Waals surface area (Å²) in [5, 5.41) is 13.1. The Morgan fingerprint density at radius 2 is 1.80 bits per heavy atom. The lowest BCUT2D eigenvalue weighted by atomic mass is 10.3. The summed E-state index contributed by atoms with van der Waals surface area (Å²) in [6.45, 7) is 0.0386. The van der Waals surface area contributed by atoms with Crippen LogP contribution >= 0.6 is 23.2 Å². The second-order valence-corrected chi connectivity index (χ2v) is 13.0. The van der Waals surface area contributed by atoms with Crippen molar-refractivity contribution in [3.63, 3.8) is 0 Å². The minimum Gasteiger partial charge on any atom is -0.507 e. The molecule has 1 unspecified atom stereocenters. The number of halogens is 4. The van der Waals surface area contributed by atoms with Gasteiger partial charge < -0.3 is 9.84 Å². The van der Waals surface area contributed by atoms with Gasteiger partial charge in [-0.1, -0.05) is 23.2 Å². The van der Waals surface area contributed by atoms with Crippen LogP contribution in [0.15, 0.2) is 44.8 Å². The molecule has 0 radical (unpaired) electrons. The normalized spacial score (nSPS) is 16.5. The van der Waals surface area contributed by atoms with Gasteiger partial charge in [-0.05, 0) is 30.7 Å². The van der Waals surface area contributed by atoms with Crippen LogP contribution in [0, 0.1) is 0 Å². The molecule has 3 aromatic rings. The molecule has 0 amide bonds. The molecular formula is C21H19Cl2F2N5O8S2. The molecule has 2 aromatic carbocycles. The molecule has 1 aliphatic heterocycles. The predicted molar refractivity (Wildman–Crippen MR) is 139 cm³/mol. The number of rotatable bonds is 8. The van der Waals surface area contributed by atoms with Crippen molar-refractivity contribution in [2.45, 2.75) is 23.8 Å². The van der Waals surface area contributed by atoms with Crippen LogP contribution < -0.4 is 20.7 Å². The first-order chi connectivity index (χ1) is 18.6. The lowest BCUT2D eigenvalue weighted by Gasteiger charge is -2.16. The summed E-state index contributed by atoms with van der Waals surface area (Å²) in [4.78, 5) is 24.8. The highest BCUT2D eigenvalue weighted by Gasteiger charge is 2.32. The highest BCUT2D eigenvalue weighted by Crippen LogP contribution is 2.39. The third-order valence-corrected chi connectivity index (χ3v) is 9.05. The van der Waals surface area contributed by atoms with Crippen molar-refractivity contribution in [2.75, 3.05) is 19.3 Å². The van der Waals surface area contributed by atoms with Gasteiger partial charge in [0.05, 0.1) is 22.0 Å². The molecular weight excluding hydrogens is 623 g/mol. The van der Waals surface area contributed by atoms with Gasteiger partial charge in [-0.25, -0.2) is 39.4 Å². The summed E-state index contributed by atoms with van der Waals surface area (Å²) in [6.07, 6.45) is -2.05. The van der Waals surface area contributed by atoms with Crippen LogP contribution in [-0.4, -0.2) is 66.4 Å². The number of hydrogen-bond acceptors (Lipinski definition) is 9. The number of phenolic OH excluding ortho intramolecular Hbond substituents is 1. The van der Waals surface area contributed by atoms with E-state index in [1.807, 2.05) is 0 Å². The van der Waals surface area contributed by atoms with E-state index in [0.717, 1.165) is 34.8 Å². The van der Waals surface area contributed by atoms with Crippen LogP contribution in [0.1, 0.15) is 18.5 Å². The summed E-state index contributed by atoms with van der Waals surface area (Å²) in [5.41, 5.74) is -3.90. The number of sulfonamides is 2. The number of benzene rings is 2. The molecule has 0 aliphatic carbocycles. The van der Waals surface area contributed by atoms with Crippen LogP contribution in [0.3, 0.4) is 0 Å². The Balaban J connectivity index is 1.62. The van der Waals surface area contributed by atoms with E-state index in [0.29, 0.717) is 4.68 Å². The Hall–Kier alpha value is -3.09. The molecule has 4 rings (SSSR count). The van der Waals surface area contributed by atoms with Crippen molar-refractivity contribution in [1.29, 1.82) is 0 Å². The van der Waals surface area contributed by atoms with Gasteiger partial charge in [0.15, 0.2) is 11.4 Å². The third-order valence-electron chi connectivity index (χ3n) is 5.67. The van der Waals surface area contributed by atoms with Gasteiger partial charge >= 0.3 is 5.69 Å². The average Bonchev–Trinajstić information content (AvgIpc) is 3.30. The standard InChI is InChI=1S/C21H19Cl2F2N5O8S2/c1-39(34,35)29-5-4-10(9-29)28-40(36,37)16-8-12(2-3-15(16)31)38-18-13(22)6-11(7-14(18)23)30-21(33)26-20(32)17(27-30)19(24)25/h2-3,6-8,10,19,28,31H,4-5,9H2,1H3,(H,26,32,33). The number of nitrogens with one attached hydrogen (secondary N) is 2. The summed E-state index contributed by atoms with van der Waals surface area (Å²) in [6, 6.07) is 4.64. The summed E-state index contributed by atoms with van der Waals surface area (Å²) in [7, 11) is -7.86. The largest absolute Gasteiger partial charge is 0.507 e. The molecule has 40 heavy (non-hydrogen) atoms. The maximum absolute atomic E-state index is 13.1. The Kier molecular flexibility index (Phi) is 8.26. The number of aromatic hydroxyl groups is 1. The van der Waals surface area contributed by atoms with E-state index in [1.54, 1.807) is 4.98 Å². The van der Waals surface area contributed by atoms with Gasteiger partial charge in [0.1, 0.15) is 16.4 Å². The van der Waals surface area contributed by atoms with Crippen LogP contribution in [0.4, 0.5) is 8.78 Å². The molecule has 1 fully saturated rings. The van der Waals surface area contributed by atoms with E-state index < -0.39 is 60.1 Å². The summed E-state index contributed by atoms with van der Waals surface area (Å²) < 4.78 is 85.1. The lowest BCUT2D eigenvalue weighted by Crippen LogP contribution is -2.38. The maximum Gasteiger partial charge on any atom is 0.349 e. The van der Waals surface area contributed by atoms with Crippen molar-refractivity contribution in [3.05, 3.63) is 66.9 Å². The SMILES string of the molecule is CS(=O)(=O)N1CCC(NS(=O)(=O)c2cc(Oc3c(Cl)cc(-n4nc(C(F)F)c(=O)[nH]c4=O)cc3Cl)ccc2O)C1. The quantitative estimate of drug-likeness (QED) is 0.331. The van der Waals surface area contributed by atoms with E-state index in [1.165, 1.54) is 6.07 Å². The van der Waals surface area contributed by atoms with Crippen molar-refractivity contribution >= 4 is 43.2 Å².